The maximum Gasteiger partial charge on any atom is 0.342 e. The lowest BCUT2D eigenvalue weighted by Crippen LogP contribution is -2.24. The molecule has 12 heteroatoms. The molecular weight excluding hydrogens is 543 g/mol. The quantitative estimate of drug-likeness (QED) is 0.327. The third kappa shape index (κ3) is 4.92. The molecule has 0 unspecified atom stereocenters. The summed E-state index contributed by atoms with van der Waals surface area (Å²) < 4.78 is 11.4. The summed E-state index contributed by atoms with van der Waals surface area (Å²) in [6, 6.07) is 7.71. The third-order valence-corrected chi connectivity index (χ3v) is 5.84. The van der Waals surface area contributed by atoms with Crippen molar-refractivity contribution >= 4 is 56.9 Å². The molecule has 3 rings (SSSR count). The molecule has 2 aromatic carbocycles. The molecule has 0 amide bonds. The average Bonchev–Trinajstić information content (AvgIpc) is 2.72. The van der Waals surface area contributed by atoms with Gasteiger partial charge >= 0.3 is 11.9 Å². The highest BCUT2D eigenvalue weighted by Gasteiger charge is 2.28. The first kappa shape index (κ1) is 24.4. The van der Waals surface area contributed by atoms with Crippen molar-refractivity contribution in [2.24, 2.45) is 0 Å². The fourth-order valence-electron chi connectivity index (χ4n) is 3.11. The van der Waals surface area contributed by atoms with Crippen molar-refractivity contribution in [2.45, 2.75) is 6.61 Å². The first-order valence-corrected chi connectivity index (χ1v) is 10.6. The predicted molar refractivity (Wildman–Crippen MR) is 126 cm³/mol. The number of pyridine rings is 1. The van der Waals surface area contributed by atoms with Crippen LogP contribution in [0.2, 0.25) is 10.0 Å². The number of nitrogen functional groups attached to an aromatic ring is 1. The predicted octanol–water partition coefficient (Wildman–Crippen LogP) is 4.68. The van der Waals surface area contributed by atoms with Crippen LogP contribution < -0.4 is 20.8 Å². The summed E-state index contributed by atoms with van der Waals surface area (Å²) in [4.78, 5) is 38.0. The van der Waals surface area contributed by atoms with Gasteiger partial charge in [-0.2, -0.15) is 0 Å². The van der Waals surface area contributed by atoms with E-state index in [0.717, 1.165) is 0 Å². The Morgan fingerprint density at radius 3 is 2.33 bits per heavy atom. The van der Waals surface area contributed by atoms with Gasteiger partial charge in [0, 0.05) is 31.2 Å². The van der Waals surface area contributed by atoms with Gasteiger partial charge in [0.2, 0.25) is 0 Å². The molecule has 0 saturated carbocycles. The van der Waals surface area contributed by atoms with Crippen molar-refractivity contribution in [3.05, 3.63) is 71.9 Å². The fourth-order valence-corrected chi connectivity index (χ4v) is 4.09. The van der Waals surface area contributed by atoms with Crippen molar-refractivity contribution in [1.82, 2.24) is 4.98 Å². The van der Waals surface area contributed by atoms with Gasteiger partial charge in [-0.15, -0.1) is 0 Å². The summed E-state index contributed by atoms with van der Waals surface area (Å²) in [7, 11) is 1.34. The van der Waals surface area contributed by atoms with E-state index in [2.05, 4.69) is 20.9 Å². The number of aromatic nitrogens is 1. The minimum Gasteiger partial charge on any atom is -0.493 e. The van der Waals surface area contributed by atoms with Crippen molar-refractivity contribution in [2.75, 3.05) is 12.8 Å². The zero-order valence-corrected chi connectivity index (χ0v) is 19.8. The topological polar surface area (TPSA) is 152 Å². The van der Waals surface area contributed by atoms with Crippen LogP contribution in [0, 0.1) is 0 Å². The number of anilines is 1. The molecule has 1 heterocycles. The highest BCUT2D eigenvalue weighted by molar-refractivity contribution is 9.10. The molecule has 0 atom stereocenters. The number of methoxy groups -OCH3 is 1. The number of ether oxygens (including phenoxy) is 2. The molecule has 9 nitrogen and oxygen atoms in total. The summed E-state index contributed by atoms with van der Waals surface area (Å²) in [5, 5.41) is 20.1. The van der Waals surface area contributed by atoms with E-state index in [1.165, 1.54) is 19.2 Å². The summed E-state index contributed by atoms with van der Waals surface area (Å²) in [5.74, 6) is -3.26. The third-order valence-electron chi connectivity index (χ3n) is 4.59. The molecule has 0 spiro atoms. The highest BCUT2D eigenvalue weighted by Crippen LogP contribution is 2.42. The van der Waals surface area contributed by atoms with Crippen LogP contribution in [0.25, 0.3) is 11.1 Å². The second-order valence-corrected chi connectivity index (χ2v) is 8.31. The molecule has 0 aliphatic rings. The number of aromatic carboxylic acids is 2. The number of aromatic amines is 1. The number of nitrogens with one attached hydrogen (secondary N) is 1. The Bertz CT molecular complexity index is 1340. The van der Waals surface area contributed by atoms with Gasteiger partial charge in [0.25, 0.3) is 5.56 Å². The molecule has 0 saturated heterocycles. The van der Waals surface area contributed by atoms with Crippen LogP contribution >= 0.6 is 39.1 Å². The number of carboxylic acids is 2. The van der Waals surface area contributed by atoms with Crippen LogP contribution in [-0.4, -0.2) is 34.2 Å². The lowest BCUT2D eigenvalue weighted by Gasteiger charge is -2.17. The summed E-state index contributed by atoms with van der Waals surface area (Å²) in [6.45, 7) is 0.0524. The maximum absolute atomic E-state index is 12.3. The van der Waals surface area contributed by atoms with E-state index in [1.807, 2.05) is 0 Å². The number of halogens is 3. The number of benzene rings is 2. The zero-order valence-electron chi connectivity index (χ0n) is 16.7. The smallest absolute Gasteiger partial charge is 0.342 e. The largest absolute Gasteiger partial charge is 0.493 e. The number of nitrogens with two attached hydrogens (primary N) is 1. The SMILES string of the molecule is COc1cc(-c2c(C(=O)O)c(N)[nH]c(=O)c2C(=O)O)c(Br)cc1OCc1ccc(Cl)cc1Cl. The lowest BCUT2D eigenvalue weighted by atomic mass is 9.95. The second-order valence-electron chi connectivity index (χ2n) is 6.61. The summed E-state index contributed by atoms with van der Waals surface area (Å²) in [6.07, 6.45) is 0. The van der Waals surface area contributed by atoms with E-state index >= 15 is 0 Å². The van der Waals surface area contributed by atoms with Crippen LogP contribution in [-0.2, 0) is 6.61 Å². The number of hydrogen-bond acceptors (Lipinski definition) is 6. The molecule has 0 fully saturated rings. The Kier molecular flexibility index (Phi) is 7.21. The molecule has 0 bridgehead atoms. The van der Waals surface area contributed by atoms with Gasteiger partial charge in [-0.05, 0) is 24.3 Å². The van der Waals surface area contributed by atoms with E-state index in [1.54, 1.807) is 18.2 Å². The summed E-state index contributed by atoms with van der Waals surface area (Å²) in [5.41, 5.74) is 3.60. The van der Waals surface area contributed by atoms with Gasteiger partial charge in [0.1, 0.15) is 23.6 Å². The zero-order chi connectivity index (χ0) is 24.4. The molecule has 33 heavy (non-hydrogen) atoms. The van der Waals surface area contributed by atoms with Gasteiger partial charge in [-0.3, -0.25) is 4.79 Å². The minimum atomic E-state index is -1.63. The number of rotatable bonds is 7. The lowest BCUT2D eigenvalue weighted by molar-refractivity contribution is 0.0695. The van der Waals surface area contributed by atoms with Crippen LogP contribution in [0.3, 0.4) is 0 Å². The van der Waals surface area contributed by atoms with E-state index in [-0.39, 0.29) is 33.7 Å². The molecule has 0 aliphatic heterocycles. The first-order chi connectivity index (χ1) is 15.5. The average molecular weight is 558 g/mol. The van der Waals surface area contributed by atoms with Crippen LogP contribution in [0.1, 0.15) is 26.3 Å². The second kappa shape index (κ2) is 9.74. The first-order valence-electron chi connectivity index (χ1n) is 9.02. The Hall–Kier alpha value is -3.21. The van der Waals surface area contributed by atoms with E-state index in [9.17, 15) is 24.6 Å². The molecule has 172 valence electrons. The van der Waals surface area contributed by atoms with Crippen molar-refractivity contribution < 1.29 is 29.3 Å². The van der Waals surface area contributed by atoms with Gasteiger partial charge in [-0.25, -0.2) is 9.59 Å². The Balaban J connectivity index is 2.16. The normalized spacial score (nSPS) is 10.7. The van der Waals surface area contributed by atoms with Crippen LogP contribution in [0.4, 0.5) is 5.82 Å². The molecule has 1 aromatic heterocycles. The monoisotopic (exact) mass is 556 g/mol. The number of hydrogen-bond donors (Lipinski definition) is 4. The molecule has 0 radical (unpaired) electrons. The highest BCUT2D eigenvalue weighted by atomic mass is 79.9. The molecule has 0 aliphatic carbocycles. The van der Waals surface area contributed by atoms with Gasteiger partial charge in [0.05, 0.1) is 7.11 Å². The summed E-state index contributed by atoms with van der Waals surface area (Å²) >= 11 is 15.4. The Labute approximate surface area is 204 Å². The Morgan fingerprint density at radius 2 is 1.76 bits per heavy atom. The maximum atomic E-state index is 12.3. The molecule has 5 N–H and O–H groups in total. The minimum absolute atomic E-state index is 0.0522. The van der Waals surface area contributed by atoms with Gasteiger partial charge in [-0.1, -0.05) is 45.2 Å². The van der Waals surface area contributed by atoms with Crippen molar-refractivity contribution in [3.63, 3.8) is 0 Å². The standard InChI is InChI=1S/C21H15BrCl2N2O7/c1-32-13-5-10(15-16(20(28)29)18(25)26-19(27)17(15)21(30)31)11(22)6-14(13)33-7-8-2-3-9(23)4-12(8)24/h2-6H,7H2,1H3,(H,28,29)(H,30,31)(H3,25,26,27). The van der Waals surface area contributed by atoms with Crippen LogP contribution in [0.5, 0.6) is 11.5 Å². The van der Waals surface area contributed by atoms with E-state index in [4.69, 9.17) is 38.4 Å². The van der Waals surface area contributed by atoms with Crippen LogP contribution in [0.15, 0.2) is 39.6 Å². The fraction of sp³-hybridized carbons (Fsp3) is 0.0952. The van der Waals surface area contributed by atoms with E-state index < -0.39 is 34.4 Å². The Morgan fingerprint density at radius 1 is 1.09 bits per heavy atom. The van der Waals surface area contributed by atoms with E-state index in [0.29, 0.717) is 15.6 Å². The number of H-pyrrole nitrogens is 1. The molecular formula is C21H15BrCl2N2O7. The van der Waals surface area contributed by atoms with Crippen molar-refractivity contribution in [3.8, 4) is 22.6 Å². The van der Waals surface area contributed by atoms with Gasteiger partial charge in [0.15, 0.2) is 11.5 Å². The van der Waals surface area contributed by atoms with Gasteiger partial charge < -0.3 is 30.4 Å². The van der Waals surface area contributed by atoms with Crippen molar-refractivity contribution in [1.29, 1.82) is 0 Å². The molecule has 3 aromatic rings. The number of carboxylic acid groups (broad SMARTS) is 2. The number of carbonyl (C=O) groups is 2.